The predicted molar refractivity (Wildman–Crippen MR) is 54.3 cm³/mol. The summed E-state index contributed by atoms with van der Waals surface area (Å²) in [5.41, 5.74) is 5.62. The number of rotatable bonds is 2. The molecule has 0 radical (unpaired) electrons. The van der Waals surface area contributed by atoms with Crippen LogP contribution in [-0.4, -0.2) is 17.6 Å². The van der Waals surface area contributed by atoms with E-state index < -0.39 is 5.97 Å². The van der Waals surface area contributed by atoms with Crippen molar-refractivity contribution in [2.24, 2.45) is 0 Å². The molecule has 0 fully saturated rings. The van der Waals surface area contributed by atoms with Crippen LogP contribution in [0.4, 0.5) is 5.82 Å². The van der Waals surface area contributed by atoms with Crippen molar-refractivity contribution in [3.8, 4) is 6.07 Å². The number of pyridine rings is 1. The van der Waals surface area contributed by atoms with E-state index in [1.807, 2.05) is 0 Å². The average molecular weight is 226 g/mol. The second kappa shape index (κ2) is 4.62. The molecule has 1 heterocycles. The maximum absolute atomic E-state index is 11.4. The van der Waals surface area contributed by atoms with Crippen LogP contribution >= 0.6 is 11.6 Å². The number of nitrogens with zero attached hydrogens (tertiary/aromatic N) is 2. The fourth-order valence-electron chi connectivity index (χ4n) is 0.955. The Kier molecular flexibility index (Phi) is 3.47. The summed E-state index contributed by atoms with van der Waals surface area (Å²) >= 11 is 5.62. The van der Waals surface area contributed by atoms with Crippen LogP contribution in [0, 0.1) is 11.3 Å². The molecule has 2 N–H and O–H groups in total. The molecule has 78 valence electrons. The number of carbonyl (C=O) groups excluding carboxylic acids is 1. The molecule has 6 heteroatoms. The lowest BCUT2D eigenvalue weighted by molar-refractivity contribution is 0.0527. The fourth-order valence-corrected chi connectivity index (χ4v) is 1.14. The molecule has 0 aliphatic carbocycles. The van der Waals surface area contributed by atoms with Crippen molar-refractivity contribution in [1.82, 2.24) is 4.98 Å². The third kappa shape index (κ3) is 2.36. The highest BCUT2D eigenvalue weighted by Crippen LogP contribution is 2.19. The van der Waals surface area contributed by atoms with E-state index in [4.69, 9.17) is 27.3 Å². The second-order valence-electron chi connectivity index (χ2n) is 2.59. The van der Waals surface area contributed by atoms with E-state index in [0.717, 1.165) is 0 Å². The minimum atomic E-state index is -0.615. The van der Waals surface area contributed by atoms with Gasteiger partial charge in [0.25, 0.3) is 0 Å². The van der Waals surface area contributed by atoms with Crippen molar-refractivity contribution in [3.05, 3.63) is 22.3 Å². The minimum Gasteiger partial charge on any atom is -0.462 e. The first-order valence-electron chi connectivity index (χ1n) is 4.13. The van der Waals surface area contributed by atoms with Crippen LogP contribution in [0.1, 0.15) is 22.8 Å². The summed E-state index contributed by atoms with van der Waals surface area (Å²) in [4.78, 5) is 15.0. The lowest BCUT2D eigenvalue weighted by Gasteiger charge is -2.05. The number of halogens is 1. The van der Waals surface area contributed by atoms with Gasteiger partial charge in [-0.25, -0.2) is 9.78 Å². The smallest absolute Gasteiger partial charge is 0.341 e. The molecule has 0 bridgehead atoms. The molecule has 0 amide bonds. The topological polar surface area (TPSA) is 89.0 Å². The monoisotopic (exact) mass is 225 g/mol. The van der Waals surface area contributed by atoms with Gasteiger partial charge >= 0.3 is 5.97 Å². The van der Waals surface area contributed by atoms with Crippen LogP contribution in [0.15, 0.2) is 6.07 Å². The highest BCUT2D eigenvalue weighted by Gasteiger charge is 2.15. The first-order chi connectivity index (χ1) is 7.10. The van der Waals surface area contributed by atoms with Gasteiger partial charge in [-0.1, -0.05) is 11.6 Å². The lowest BCUT2D eigenvalue weighted by Crippen LogP contribution is -2.10. The maximum atomic E-state index is 11.4. The van der Waals surface area contributed by atoms with Crippen molar-refractivity contribution in [2.75, 3.05) is 12.3 Å². The van der Waals surface area contributed by atoms with E-state index in [9.17, 15) is 4.79 Å². The number of hydrogen-bond donors (Lipinski definition) is 1. The van der Waals surface area contributed by atoms with E-state index in [1.165, 1.54) is 6.07 Å². The van der Waals surface area contributed by atoms with Gasteiger partial charge in [0.15, 0.2) is 0 Å². The van der Waals surface area contributed by atoms with Gasteiger partial charge in [-0.3, -0.25) is 0 Å². The largest absolute Gasteiger partial charge is 0.462 e. The van der Waals surface area contributed by atoms with E-state index in [1.54, 1.807) is 13.0 Å². The standard InChI is InChI=1S/C9H8ClN3O2/c1-2-15-9(14)6-3-5(4-11)7(10)13-8(6)12/h3H,2H2,1H3,(H2,12,13). The Morgan fingerprint density at radius 2 is 2.47 bits per heavy atom. The van der Waals surface area contributed by atoms with Crippen LogP contribution in [0.5, 0.6) is 0 Å². The highest BCUT2D eigenvalue weighted by atomic mass is 35.5. The quantitative estimate of drug-likeness (QED) is 0.606. The Morgan fingerprint density at radius 3 is 3.00 bits per heavy atom. The van der Waals surface area contributed by atoms with Crippen LogP contribution in [0.2, 0.25) is 5.15 Å². The number of anilines is 1. The number of nitrogens with two attached hydrogens (primary N) is 1. The summed E-state index contributed by atoms with van der Waals surface area (Å²) in [5.74, 6) is -0.659. The highest BCUT2D eigenvalue weighted by molar-refractivity contribution is 6.30. The van der Waals surface area contributed by atoms with Gasteiger partial charge < -0.3 is 10.5 Å². The van der Waals surface area contributed by atoms with E-state index >= 15 is 0 Å². The van der Waals surface area contributed by atoms with Crippen LogP contribution in [0.3, 0.4) is 0 Å². The summed E-state index contributed by atoms with van der Waals surface area (Å²) in [7, 11) is 0. The minimum absolute atomic E-state index is 0.0250. The number of nitrogen functional groups attached to an aromatic ring is 1. The van der Waals surface area contributed by atoms with Crippen LogP contribution in [-0.2, 0) is 4.74 Å². The Morgan fingerprint density at radius 1 is 1.80 bits per heavy atom. The first-order valence-corrected chi connectivity index (χ1v) is 4.51. The summed E-state index contributed by atoms with van der Waals surface area (Å²) in [6.07, 6.45) is 0. The third-order valence-corrected chi connectivity index (χ3v) is 1.91. The molecule has 1 aromatic heterocycles. The second-order valence-corrected chi connectivity index (χ2v) is 2.95. The van der Waals surface area contributed by atoms with Gasteiger partial charge in [-0.15, -0.1) is 0 Å². The zero-order valence-electron chi connectivity index (χ0n) is 7.95. The van der Waals surface area contributed by atoms with Gasteiger partial charge in [-0.05, 0) is 13.0 Å². The molecule has 0 aliphatic heterocycles. The van der Waals surface area contributed by atoms with Gasteiger partial charge in [0, 0.05) is 0 Å². The normalized spacial score (nSPS) is 9.40. The number of hydrogen-bond acceptors (Lipinski definition) is 5. The van der Waals surface area contributed by atoms with E-state index in [0.29, 0.717) is 0 Å². The van der Waals surface area contributed by atoms with Crippen LogP contribution < -0.4 is 5.73 Å². The van der Waals surface area contributed by atoms with Crippen molar-refractivity contribution >= 4 is 23.4 Å². The molecule has 0 aliphatic rings. The maximum Gasteiger partial charge on any atom is 0.341 e. The number of aromatic nitrogens is 1. The van der Waals surface area contributed by atoms with Gasteiger partial charge in [-0.2, -0.15) is 5.26 Å². The van der Waals surface area contributed by atoms with Gasteiger partial charge in [0.2, 0.25) is 0 Å². The van der Waals surface area contributed by atoms with E-state index in [2.05, 4.69) is 4.98 Å². The molecule has 15 heavy (non-hydrogen) atoms. The molecule has 0 atom stereocenters. The molecule has 1 aromatic rings. The zero-order valence-corrected chi connectivity index (χ0v) is 8.71. The zero-order chi connectivity index (χ0) is 11.4. The first kappa shape index (κ1) is 11.3. The molecule has 0 aromatic carbocycles. The molecule has 0 spiro atoms. The molecule has 0 saturated heterocycles. The Labute approximate surface area is 91.4 Å². The Balaban J connectivity index is 3.20. The van der Waals surface area contributed by atoms with Crippen LogP contribution in [0.25, 0.3) is 0 Å². The molecule has 0 unspecified atom stereocenters. The fraction of sp³-hybridized carbons (Fsp3) is 0.222. The SMILES string of the molecule is CCOC(=O)c1cc(C#N)c(Cl)nc1N. The molecule has 0 saturated carbocycles. The molecule has 5 nitrogen and oxygen atoms in total. The predicted octanol–water partition coefficient (Wildman–Crippen LogP) is 1.37. The van der Waals surface area contributed by atoms with Gasteiger partial charge in [0.05, 0.1) is 12.2 Å². The number of ether oxygens (including phenoxy) is 1. The number of esters is 1. The Hall–Kier alpha value is -1.80. The third-order valence-electron chi connectivity index (χ3n) is 1.62. The summed E-state index contributed by atoms with van der Waals surface area (Å²) in [6, 6.07) is 3.07. The number of nitriles is 1. The van der Waals surface area contributed by atoms with Crippen molar-refractivity contribution in [3.63, 3.8) is 0 Å². The van der Waals surface area contributed by atoms with Crippen molar-refractivity contribution in [1.29, 1.82) is 5.26 Å². The number of carbonyl (C=O) groups is 1. The van der Waals surface area contributed by atoms with E-state index in [-0.39, 0.29) is 28.7 Å². The summed E-state index contributed by atoms with van der Waals surface area (Å²) in [5, 5.41) is 8.65. The lowest BCUT2D eigenvalue weighted by atomic mass is 10.2. The van der Waals surface area contributed by atoms with Gasteiger partial charge in [0.1, 0.15) is 22.6 Å². The summed E-state index contributed by atoms with van der Waals surface area (Å²) in [6.45, 7) is 1.89. The summed E-state index contributed by atoms with van der Waals surface area (Å²) < 4.78 is 4.74. The Bertz CT molecular complexity index is 440. The molecule has 1 rings (SSSR count). The van der Waals surface area contributed by atoms with Crippen molar-refractivity contribution in [2.45, 2.75) is 6.92 Å². The molecular weight excluding hydrogens is 218 g/mol. The average Bonchev–Trinajstić information content (AvgIpc) is 2.18. The van der Waals surface area contributed by atoms with Crippen molar-refractivity contribution < 1.29 is 9.53 Å². The molecular formula is C9H8ClN3O2.